The summed E-state index contributed by atoms with van der Waals surface area (Å²) >= 11 is 6.40. The number of carbonyl (C=O) groups is 2. The Kier molecular flexibility index (Phi) is 7.14. The van der Waals surface area contributed by atoms with Gasteiger partial charge in [-0.1, -0.05) is 11.6 Å². The molecule has 0 bridgehead atoms. The number of benzene rings is 1. The van der Waals surface area contributed by atoms with Crippen LogP contribution < -0.4 is 15.5 Å². The normalized spacial score (nSPS) is 14.2. The van der Waals surface area contributed by atoms with Crippen LogP contribution in [0, 0.1) is 0 Å². The van der Waals surface area contributed by atoms with Crippen molar-refractivity contribution in [2.75, 3.05) is 29.9 Å². The maximum atomic E-state index is 12.1. The van der Waals surface area contributed by atoms with Gasteiger partial charge in [-0.05, 0) is 55.7 Å². The van der Waals surface area contributed by atoms with Crippen molar-refractivity contribution < 1.29 is 14.0 Å². The van der Waals surface area contributed by atoms with E-state index in [9.17, 15) is 9.59 Å². The van der Waals surface area contributed by atoms with Gasteiger partial charge in [-0.2, -0.15) is 0 Å². The highest BCUT2D eigenvalue weighted by molar-refractivity contribution is 6.33. The number of nitrogens with zero attached hydrogens (tertiary/aromatic N) is 1. The van der Waals surface area contributed by atoms with Gasteiger partial charge in [-0.3, -0.25) is 9.59 Å². The lowest BCUT2D eigenvalue weighted by Crippen LogP contribution is -2.29. The Hall–Kier alpha value is -2.73. The molecule has 6 nitrogen and oxygen atoms in total. The van der Waals surface area contributed by atoms with Gasteiger partial charge in [-0.15, -0.1) is 0 Å². The first-order chi connectivity index (χ1) is 13.6. The summed E-state index contributed by atoms with van der Waals surface area (Å²) in [6, 6.07) is 9.07. The Balaban J connectivity index is 1.43. The second-order valence-corrected chi connectivity index (χ2v) is 7.06. The van der Waals surface area contributed by atoms with Crippen LogP contribution in [0.2, 0.25) is 5.02 Å². The summed E-state index contributed by atoms with van der Waals surface area (Å²) in [5.41, 5.74) is 1.66. The quantitative estimate of drug-likeness (QED) is 0.685. The van der Waals surface area contributed by atoms with Crippen molar-refractivity contribution in [3.05, 3.63) is 53.5 Å². The van der Waals surface area contributed by atoms with Crippen molar-refractivity contribution in [2.24, 2.45) is 0 Å². The van der Waals surface area contributed by atoms with Gasteiger partial charge in [0.05, 0.1) is 17.0 Å². The Morgan fingerprint density at radius 1 is 1.18 bits per heavy atom. The van der Waals surface area contributed by atoms with Gasteiger partial charge >= 0.3 is 0 Å². The summed E-state index contributed by atoms with van der Waals surface area (Å²) < 4.78 is 5.10. The molecule has 7 heteroatoms. The molecule has 28 heavy (non-hydrogen) atoms. The van der Waals surface area contributed by atoms with E-state index in [0.29, 0.717) is 16.5 Å². The Morgan fingerprint density at radius 2 is 2.00 bits per heavy atom. The van der Waals surface area contributed by atoms with E-state index in [4.69, 9.17) is 16.0 Å². The molecule has 0 radical (unpaired) electrons. The van der Waals surface area contributed by atoms with E-state index in [-0.39, 0.29) is 24.8 Å². The third-order valence-corrected chi connectivity index (χ3v) is 4.82. The number of anilines is 2. The zero-order chi connectivity index (χ0) is 19.8. The van der Waals surface area contributed by atoms with Crippen LogP contribution in [0.5, 0.6) is 0 Å². The average molecular weight is 402 g/mol. The van der Waals surface area contributed by atoms with Crippen molar-refractivity contribution >= 4 is 40.9 Å². The SMILES string of the molecule is O=C(/C=C/c1ccco1)NCCC(=O)Nc1ccc(N2CCCCC2)c(Cl)c1. The first-order valence-corrected chi connectivity index (χ1v) is 9.83. The third kappa shape index (κ3) is 5.89. The number of rotatable bonds is 7. The maximum absolute atomic E-state index is 12.1. The van der Waals surface area contributed by atoms with Crippen LogP contribution in [0.15, 0.2) is 47.1 Å². The molecule has 0 saturated carbocycles. The minimum Gasteiger partial charge on any atom is -0.465 e. The minimum atomic E-state index is -0.280. The molecule has 0 spiro atoms. The van der Waals surface area contributed by atoms with Crippen molar-refractivity contribution in [1.82, 2.24) is 5.32 Å². The number of piperidine rings is 1. The molecule has 1 saturated heterocycles. The van der Waals surface area contributed by atoms with E-state index >= 15 is 0 Å². The number of amides is 2. The number of halogens is 1. The average Bonchev–Trinajstić information content (AvgIpc) is 3.21. The molecule has 2 amide bonds. The van der Waals surface area contributed by atoms with Crippen LogP contribution in [-0.4, -0.2) is 31.4 Å². The van der Waals surface area contributed by atoms with E-state index in [2.05, 4.69) is 15.5 Å². The number of hydrogen-bond acceptors (Lipinski definition) is 4. The van der Waals surface area contributed by atoms with E-state index < -0.39 is 0 Å². The number of carbonyl (C=O) groups excluding carboxylic acids is 2. The molecule has 1 aromatic heterocycles. The summed E-state index contributed by atoms with van der Waals surface area (Å²) in [6.07, 6.45) is 8.27. The molecule has 1 aromatic carbocycles. The smallest absolute Gasteiger partial charge is 0.244 e. The van der Waals surface area contributed by atoms with E-state index in [1.165, 1.54) is 31.6 Å². The van der Waals surface area contributed by atoms with Crippen LogP contribution >= 0.6 is 11.6 Å². The molecule has 2 heterocycles. The zero-order valence-corrected chi connectivity index (χ0v) is 16.4. The summed E-state index contributed by atoms with van der Waals surface area (Å²) in [5, 5.41) is 6.11. The van der Waals surface area contributed by atoms with Crippen LogP contribution in [0.25, 0.3) is 6.08 Å². The molecule has 2 aromatic rings. The first-order valence-electron chi connectivity index (χ1n) is 9.45. The molecule has 1 fully saturated rings. The van der Waals surface area contributed by atoms with Gasteiger partial charge in [0, 0.05) is 37.8 Å². The second kappa shape index (κ2) is 9.99. The van der Waals surface area contributed by atoms with Gasteiger partial charge < -0.3 is 20.0 Å². The highest BCUT2D eigenvalue weighted by atomic mass is 35.5. The Morgan fingerprint density at radius 3 is 2.71 bits per heavy atom. The molecule has 1 aliphatic rings. The molecule has 0 aliphatic carbocycles. The Labute approximate surface area is 169 Å². The Bertz CT molecular complexity index is 827. The minimum absolute atomic E-state index is 0.172. The molecular weight excluding hydrogens is 378 g/mol. The second-order valence-electron chi connectivity index (χ2n) is 6.65. The molecule has 2 N–H and O–H groups in total. The summed E-state index contributed by atoms with van der Waals surface area (Å²) in [5.74, 6) is 0.132. The van der Waals surface area contributed by atoms with Gasteiger partial charge in [0.15, 0.2) is 0 Å². The fraction of sp³-hybridized carbons (Fsp3) is 0.333. The topological polar surface area (TPSA) is 74.6 Å². The molecule has 0 unspecified atom stereocenters. The monoisotopic (exact) mass is 401 g/mol. The number of furan rings is 1. The van der Waals surface area contributed by atoms with Gasteiger partial charge in [0.2, 0.25) is 11.8 Å². The number of nitrogens with one attached hydrogen (secondary N) is 2. The summed E-state index contributed by atoms with van der Waals surface area (Å²) in [6.45, 7) is 2.27. The zero-order valence-electron chi connectivity index (χ0n) is 15.6. The van der Waals surface area contributed by atoms with Gasteiger partial charge in [0.25, 0.3) is 0 Å². The van der Waals surface area contributed by atoms with Crippen LogP contribution in [-0.2, 0) is 9.59 Å². The van der Waals surface area contributed by atoms with Crippen LogP contribution in [0.4, 0.5) is 11.4 Å². The van der Waals surface area contributed by atoms with E-state index in [0.717, 1.165) is 18.8 Å². The van der Waals surface area contributed by atoms with Crippen LogP contribution in [0.1, 0.15) is 31.4 Å². The van der Waals surface area contributed by atoms with Crippen molar-refractivity contribution in [2.45, 2.75) is 25.7 Å². The van der Waals surface area contributed by atoms with E-state index in [1.807, 2.05) is 12.1 Å². The molecular formula is C21H24ClN3O3. The van der Waals surface area contributed by atoms with Crippen molar-refractivity contribution in [1.29, 1.82) is 0 Å². The largest absolute Gasteiger partial charge is 0.465 e. The molecule has 0 atom stereocenters. The molecule has 3 rings (SSSR count). The van der Waals surface area contributed by atoms with Gasteiger partial charge in [-0.25, -0.2) is 0 Å². The number of hydrogen-bond donors (Lipinski definition) is 2. The third-order valence-electron chi connectivity index (χ3n) is 4.52. The van der Waals surface area contributed by atoms with E-state index in [1.54, 1.807) is 24.3 Å². The predicted molar refractivity (Wildman–Crippen MR) is 112 cm³/mol. The molecule has 148 valence electrons. The molecule has 1 aliphatic heterocycles. The first kappa shape index (κ1) is 20.0. The van der Waals surface area contributed by atoms with Gasteiger partial charge in [0.1, 0.15) is 5.76 Å². The fourth-order valence-electron chi connectivity index (χ4n) is 3.10. The fourth-order valence-corrected chi connectivity index (χ4v) is 3.40. The predicted octanol–water partition coefficient (Wildman–Crippen LogP) is 4.08. The lowest BCUT2D eigenvalue weighted by molar-refractivity contribution is -0.117. The maximum Gasteiger partial charge on any atom is 0.244 e. The summed E-state index contributed by atoms with van der Waals surface area (Å²) in [7, 11) is 0. The van der Waals surface area contributed by atoms with Crippen LogP contribution in [0.3, 0.4) is 0 Å². The highest BCUT2D eigenvalue weighted by Gasteiger charge is 2.14. The van der Waals surface area contributed by atoms with Crippen molar-refractivity contribution in [3.8, 4) is 0 Å². The summed E-state index contributed by atoms with van der Waals surface area (Å²) in [4.78, 5) is 26.1. The lowest BCUT2D eigenvalue weighted by atomic mass is 10.1. The highest BCUT2D eigenvalue weighted by Crippen LogP contribution is 2.30. The lowest BCUT2D eigenvalue weighted by Gasteiger charge is -2.29. The van der Waals surface area contributed by atoms with Crippen molar-refractivity contribution in [3.63, 3.8) is 0 Å². The standard InChI is InChI=1S/C21H24ClN3O3/c22-18-15-16(6-8-19(18)25-12-2-1-3-13-25)24-21(27)10-11-23-20(26)9-7-17-5-4-14-28-17/h4-9,14-15H,1-3,10-13H2,(H,23,26)(H,24,27)/b9-7+.